The summed E-state index contributed by atoms with van der Waals surface area (Å²) in [7, 11) is 0. The average molecular weight is 321 g/mol. The number of aromatic nitrogens is 3. The van der Waals surface area contributed by atoms with Crippen molar-refractivity contribution < 1.29 is 0 Å². The summed E-state index contributed by atoms with van der Waals surface area (Å²) >= 11 is 12.4. The van der Waals surface area contributed by atoms with Gasteiger partial charge in [-0.2, -0.15) is 5.10 Å². The molecule has 0 saturated heterocycles. The molecule has 4 nitrogen and oxygen atoms in total. The Balaban J connectivity index is 2.43. The Bertz CT molecular complexity index is 839. The molecule has 0 spiro atoms. The van der Waals surface area contributed by atoms with E-state index in [4.69, 9.17) is 28.9 Å². The van der Waals surface area contributed by atoms with E-state index < -0.39 is 0 Å². The predicted octanol–water partition coefficient (Wildman–Crippen LogP) is 3.78. The Kier molecular flexibility index (Phi) is 3.61. The van der Waals surface area contributed by atoms with Crippen molar-refractivity contribution in [2.24, 2.45) is 5.73 Å². The van der Waals surface area contributed by atoms with Gasteiger partial charge in [-0.15, -0.1) is 0 Å². The summed E-state index contributed by atoms with van der Waals surface area (Å²) in [5.41, 5.74) is 11.1. The molecule has 0 aliphatic carbocycles. The Labute approximate surface area is 132 Å². The molecule has 108 valence electrons. The van der Waals surface area contributed by atoms with Crippen LogP contribution in [0.1, 0.15) is 17.0 Å². The number of hydrogen-bond donors (Lipinski definition) is 1. The first-order chi connectivity index (χ1) is 10.0. The van der Waals surface area contributed by atoms with Crippen LogP contribution in [0.15, 0.2) is 24.3 Å². The molecular weight excluding hydrogens is 307 g/mol. The van der Waals surface area contributed by atoms with E-state index in [0.717, 1.165) is 33.9 Å². The van der Waals surface area contributed by atoms with Gasteiger partial charge in [-0.3, -0.25) is 0 Å². The summed E-state index contributed by atoms with van der Waals surface area (Å²) in [4.78, 5) is 4.55. The molecule has 0 fully saturated rings. The van der Waals surface area contributed by atoms with Crippen LogP contribution in [-0.4, -0.2) is 14.6 Å². The highest BCUT2D eigenvalue weighted by atomic mass is 35.5. The van der Waals surface area contributed by atoms with E-state index in [9.17, 15) is 0 Å². The highest BCUT2D eigenvalue weighted by Gasteiger charge is 2.17. The maximum Gasteiger partial charge on any atom is 0.156 e. The molecule has 0 aliphatic heterocycles. The highest BCUT2D eigenvalue weighted by molar-refractivity contribution is 6.36. The molecule has 0 unspecified atom stereocenters. The zero-order valence-electron chi connectivity index (χ0n) is 11.7. The maximum atomic E-state index is 6.37. The fraction of sp³-hybridized carbons (Fsp3) is 0.200. The van der Waals surface area contributed by atoms with Crippen LogP contribution in [-0.2, 0) is 6.54 Å². The molecule has 2 heterocycles. The Morgan fingerprint density at radius 2 is 1.95 bits per heavy atom. The van der Waals surface area contributed by atoms with Crippen LogP contribution in [0.4, 0.5) is 0 Å². The van der Waals surface area contributed by atoms with Crippen molar-refractivity contribution in [2.45, 2.75) is 20.4 Å². The third kappa shape index (κ3) is 2.39. The summed E-state index contributed by atoms with van der Waals surface area (Å²) in [5.74, 6) is 0. The van der Waals surface area contributed by atoms with Crippen LogP contribution in [0.25, 0.3) is 16.9 Å². The van der Waals surface area contributed by atoms with E-state index in [1.54, 1.807) is 16.6 Å². The van der Waals surface area contributed by atoms with Crippen LogP contribution in [0.2, 0.25) is 10.0 Å². The Morgan fingerprint density at radius 3 is 2.62 bits per heavy atom. The molecule has 3 rings (SSSR count). The minimum Gasteiger partial charge on any atom is -0.326 e. The Morgan fingerprint density at radius 1 is 1.19 bits per heavy atom. The van der Waals surface area contributed by atoms with E-state index >= 15 is 0 Å². The quantitative estimate of drug-likeness (QED) is 0.781. The minimum atomic E-state index is 0.363. The van der Waals surface area contributed by atoms with Crippen molar-refractivity contribution in [3.63, 3.8) is 0 Å². The first-order valence-corrected chi connectivity index (χ1v) is 7.28. The lowest BCUT2D eigenvalue weighted by atomic mass is 10.0. The molecule has 6 heteroatoms. The zero-order chi connectivity index (χ0) is 15.1. The van der Waals surface area contributed by atoms with E-state index in [2.05, 4.69) is 10.1 Å². The second-order valence-corrected chi connectivity index (χ2v) is 5.75. The first-order valence-electron chi connectivity index (χ1n) is 6.52. The third-order valence-corrected chi connectivity index (χ3v) is 3.97. The number of aryl methyl sites for hydroxylation is 2. The summed E-state index contributed by atoms with van der Waals surface area (Å²) in [6.07, 6.45) is 0. The molecule has 0 amide bonds. The van der Waals surface area contributed by atoms with Gasteiger partial charge in [0.1, 0.15) is 0 Å². The molecule has 2 N–H and O–H groups in total. The van der Waals surface area contributed by atoms with E-state index in [-0.39, 0.29) is 0 Å². The number of hydrogen-bond acceptors (Lipinski definition) is 3. The topological polar surface area (TPSA) is 56.2 Å². The average Bonchev–Trinajstić information content (AvgIpc) is 2.77. The van der Waals surface area contributed by atoms with Gasteiger partial charge in [-0.05, 0) is 32.0 Å². The second kappa shape index (κ2) is 5.30. The first kappa shape index (κ1) is 14.3. The lowest BCUT2D eigenvalue weighted by Crippen LogP contribution is -2.09. The number of benzene rings is 1. The SMILES string of the molecule is Cc1cc2nc(C)c(CN)c(-c3ccc(Cl)cc3Cl)n2n1. The summed E-state index contributed by atoms with van der Waals surface area (Å²) in [5, 5.41) is 5.67. The molecule has 21 heavy (non-hydrogen) atoms. The Hall–Kier alpha value is -1.62. The predicted molar refractivity (Wildman–Crippen MR) is 85.8 cm³/mol. The van der Waals surface area contributed by atoms with Crippen molar-refractivity contribution in [3.8, 4) is 11.3 Å². The van der Waals surface area contributed by atoms with Crippen molar-refractivity contribution >= 4 is 28.8 Å². The zero-order valence-corrected chi connectivity index (χ0v) is 13.2. The van der Waals surface area contributed by atoms with Gasteiger partial charge in [0.15, 0.2) is 5.65 Å². The van der Waals surface area contributed by atoms with Gasteiger partial charge in [0.25, 0.3) is 0 Å². The number of rotatable bonds is 2. The summed E-state index contributed by atoms with van der Waals surface area (Å²) in [6.45, 7) is 4.24. The highest BCUT2D eigenvalue weighted by Crippen LogP contribution is 2.33. The number of nitrogens with two attached hydrogens (primary N) is 1. The second-order valence-electron chi connectivity index (χ2n) is 4.91. The van der Waals surface area contributed by atoms with Gasteiger partial charge in [0.2, 0.25) is 0 Å². The lowest BCUT2D eigenvalue weighted by Gasteiger charge is -2.14. The van der Waals surface area contributed by atoms with Crippen LogP contribution < -0.4 is 5.73 Å². The molecule has 0 atom stereocenters. The van der Waals surface area contributed by atoms with E-state index in [1.807, 2.05) is 26.0 Å². The largest absolute Gasteiger partial charge is 0.326 e. The fourth-order valence-electron chi connectivity index (χ4n) is 2.47. The van der Waals surface area contributed by atoms with Crippen molar-refractivity contribution in [1.29, 1.82) is 0 Å². The smallest absolute Gasteiger partial charge is 0.156 e. The number of fused-ring (bicyclic) bond motifs is 1. The van der Waals surface area contributed by atoms with E-state index in [0.29, 0.717) is 16.6 Å². The molecular formula is C15H14Cl2N4. The van der Waals surface area contributed by atoms with Gasteiger partial charge < -0.3 is 5.73 Å². The van der Waals surface area contributed by atoms with Crippen LogP contribution >= 0.6 is 23.2 Å². The molecule has 0 radical (unpaired) electrons. The van der Waals surface area contributed by atoms with Gasteiger partial charge in [-0.25, -0.2) is 9.50 Å². The van der Waals surface area contributed by atoms with Crippen LogP contribution in [0.5, 0.6) is 0 Å². The molecule has 0 bridgehead atoms. The normalized spacial score (nSPS) is 11.3. The number of nitrogens with zero attached hydrogens (tertiary/aromatic N) is 3. The fourth-order valence-corrected chi connectivity index (χ4v) is 2.97. The van der Waals surface area contributed by atoms with Crippen molar-refractivity contribution in [1.82, 2.24) is 14.6 Å². The summed E-state index contributed by atoms with van der Waals surface area (Å²) in [6, 6.07) is 7.34. The summed E-state index contributed by atoms with van der Waals surface area (Å²) < 4.78 is 1.79. The standard InChI is InChI=1S/C15H14Cl2N4/c1-8-5-14-19-9(2)12(7-18)15(21(14)20-8)11-4-3-10(16)6-13(11)17/h3-6H,7,18H2,1-2H3. The van der Waals surface area contributed by atoms with Crippen molar-refractivity contribution in [3.05, 3.63) is 51.3 Å². The van der Waals surface area contributed by atoms with Gasteiger partial charge in [0, 0.05) is 34.5 Å². The lowest BCUT2D eigenvalue weighted by molar-refractivity contribution is 0.883. The van der Waals surface area contributed by atoms with Gasteiger partial charge in [-0.1, -0.05) is 23.2 Å². The van der Waals surface area contributed by atoms with Crippen molar-refractivity contribution in [2.75, 3.05) is 0 Å². The van der Waals surface area contributed by atoms with E-state index in [1.165, 1.54) is 0 Å². The minimum absolute atomic E-state index is 0.363. The van der Waals surface area contributed by atoms with Crippen LogP contribution in [0, 0.1) is 13.8 Å². The van der Waals surface area contributed by atoms with Gasteiger partial charge in [0.05, 0.1) is 16.4 Å². The molecule has 3 aromatic rings. The molecule has 0 saturated carbocycles. The molecule has 2 aromatic heterocycles. The number of halogens is 2. The molecule has 0 aliphatic rings. The van der Waals surface area contributed by atoms with Gasteiger partial charge >= 0.3 is 0 Å². The monoisotopic (exact) mass is 320 g/mol. The third-order valence-electron chi connectivity index (χ3n) is 3.42. The molecule has 1 aromatic carbocycles. The maximum absolute atomic E-state index is 6.37. The van der Waals surface area contributed by atoms with Crippen LogP contribution in [0.3, 0.4) is 0 Å².